The molecular formula is C13H21N3. The Morgan fingerprint density at radius 3 is 2.75 bits per heavy atom. The van der Waals surface area contributed by atoms with E-state index in [0.717, 1.165) is 30.5 Å². The minimum atomic E-state index is 0.458. The molecule has 3 nitrogen and oxygen atoms in total. The molecule has 0 radical (unpaired) electrons. The minimum Gasteiger partial charge on any atom is -0.355 e. The predicted octanol–water partition coefficient (Wildman–Crippen LogP) is 2.84. The van der Waals surface area contributed by atoms with Crippen molar-refractivity contribution in [3.05, 3.63) is 18.1 Å². The standard InChI is InChI=1S/C13H21N3/c1-4-5-11-8-16(9-11)13-7-14-6-12(15-13)10(2)3/h6-7,10-11H,4-5,8-9H2,1-3H3. The molecule has 1 aromatic heterocycles. The fraction of sp³-hybridized carbons (Fsp3) is 0.692. The monoisotopic (exact) mass is 219 g/mol. The number of hydrogen-bond donors (Lipinski definition) is 0. The molecule has 16 heavy (non-hydrogen) atoms. The van der Waals surface area contributed by atoms with E-state index in [2.05, 4.69) is 35.6 Å². The number of rotatable bonds is 4. The lowest BCUT2D eigenvalue weighted by Crippen LogP contribution is -2.47. The Kier molecular flexibility index (Phi) is 3.42. The third kappa shape index (κ3) is 2.34. The van der Waals surface area contributed by atoms with E-state index in [0.29, 0.717) is 5.92 Å². The summed E-state index contributed by atoms with van der Waals surface area (Å²) in [5.74, 6) is 2.38. The smallest absolute Gasteiger partial charge is 0.147 e. The third-order valence-electron chi connectivity index (χ3n) is 3.21. The van der Waals surface area contributed by atoms with Gasteiger partial charge in [-0.25, -0.2) is 4.98 Å². The van der Waals surface area contributed by atoms with Crippen molar-refractivity contribution in [2.75, 3.05) is 18.0 Å². The third-order valence-corrected chi connectivity index (χ3v) is 3.21. The maximum Gasteiger partial charge on any atom is 0.147 e. The molecule has 3 heteroatoms. The molecule has 0 aliphatic carbocycles. The van der Waals surface area contributed by atoms with Crippen molar-refractivity contribution in [2.45, 2.75) is 39.5 Å². The molecule has 2 heterocycles. The average molecular weight is 219 g/mol. The van der Waals surface area contributed by atoms with Crippen LogP contribution in [0.4, 0.5) is 5.82 Å². The van der Waals surface area contributed by atoms with Crippen LogP contribution in [0.2, 0.25) is 0 Å². The van der Waals surface area contributed by atoms with Gasteiger partial charge < -0.3 is 4.90 Å². The molecule has 1 aromatic rings. The van der Waals surface area contributed by atoms with Gasteiger partial charge in [0.1, 0.15) is 5.82 Å². The van der Waals surface area contributed by atoms with Crippen molar-refractivity contribution in [2.24, 2.45) is 5.92 Å². The van der Waals surface area contributed by atoms with E-state index in [1.807, 2.05) is 12.4 Å². The molecule has 1 aliphatic rings. The molecule has 0 saturated carbocycles. The number of hydrogen-bond acceptors (Lipinski definition) is 3. The highest BCUT2D eigenvalue weighted by Gasteiger charge is 2.27. The topological polar surface area (TPSA) is 29.0 Å². The summed E-state index contributed by atoms with van der Waals surface area (Å²) in [5, 5.41) is 0. The lowest BCUT2D eigenvalue weighted by molar-refractivity contribution is 0.377. The summed E-state index contributed by atoms with van der Waals surface area (Å²) >= 11 is 0. The van der Waals surface area contributed by atoms with Crippen molar-refractivity contribution in [1.82, 2.24) is 9.97 Å². The molecular weight excluding hydrogens is 198 g/mol. The van der Waals surface area contributed by atoms with Crippen molar-refractivity contribution in [1.29, 1.82) is 0 Å². The molecule has 1 saturated heterocycles. The molecule has 2 rings (SSSR count). The van der Waals surface area contributed by atoms with Crippen molar-refractivity contribution in [3.8, 4) is 0 Å². The molecule has 0 atom stereocenters. The fourth-order valence-electron chi connectivity index (χ4n) is 2.15. The largest absolute Gasteiger partial charge is 0.355 e. The Morgan fingerprint density at radius 1 is 1.38 bits per heavy atom. The highest BCUT2D eigenvalue weighted by Crippen LogP contribution is 2.26. The van der Waals surface area contributed by atoms with E-state index >= 15 is 0 Å². The zero-order chi connectivity index (χ0) is 11.5. The van der Waals surface area contributed by atoms with Crippen LogP contribution in [-0.2, 0) is 0 Å². The molecule has 0 bridgehead atoms. The second-order valence-corrected chi connectivity index (χ2v) is 5.02. The summed E-state index contributed by atoms with van der Waals surface area (Å²) in [6, 6.07) is 0. The van der Waals surface area contributed by atoms with Gasteiger partial charge in [0.25, 0.3) is 0 Å². The van der Waals surface area contributed by atoms with Gasteiger partial charge in [-0.2, -0.15) is 0 Å². The van der Waals surface area contributed by atoms with Crippen LogP contribution in [0.15, 0.2) is 12.4 Å². The summed E-state index contributed by atoms with van der Waals surface area (Å²) in [4.78, 5) is 11.3. The van der Waals surface area contributed by atoms with Crippen LogP contribution < -0.4 is 4.90 Å². The molecule has 88 valence electrons. The van der Waals surface area contributed by atoms with Gasteiger partial charge in [-0.1, -0.05) is 27.2 Å². The molecule has 0 unspecified atom stereocenters. The lowest BCUT2D eigenvalue weighted by Gasteiger charge is -2.40. The van der Waals surface area contributed by atoms with Crippen molar-refractivity contribution < 1.29 is 0 Å². The Hall–Kier alpha value is -1.12. The van der Waals surface area contributed by atoms with E-state index in [1.165, 1.54) is 12.8 Å². The maximum atomic E-state index is 4.65. The van der Waals surface area contributed by atoms with Gasteiger partial charge in [0, 0.05) is 19.3 Å². The van der Waals surface area contributed by atoms with Crippen molar-refractivity contribution in [3.63, 3.8) is 0 Å². The van der Waals surface area contributed by atoms with Crippen LogP contribution in [0.5, 0.6) is 0 Å². The van der Waals surface area contributed by atoms with E-state index < -0.39 is 0 Å². The fourth-order valence-corrected chi connectivity index (χ4v) is 2.15. The zero-order valence-corrected chi connectivity index (χ0v) is 10.5. The summed E-state index contributed by atoms with van der Waals surface area (Å²) < 4.78 is 0. The van der Waals surface area contributed by atoms with Crippen LogP contribution in [0.3, 0.4) is 0 Å². The van der Waals surface area contributed by atoms with Crippen LogP contribution in [0, 0.1) is 5.92 Å². The molecule has 1 aliphatic heterocycles. The van der Waals surface area contributed by atoms with Crippen LogP contribution in [-0.4, -0.2) is 23.1 Å². The van der Waals surface area contributed by atoms with Gasteiger partial charge >= 0.3 is 0 Å². The normalized spacial score (nSPS) is 16.6. The molecule has 0 spiro atoms. The molecule has 0 amide bonds. The first-order chi connectivity index (χ1) is 7.70. The predicted molar refractivity (Wildman–Crippen MR) is 66.7 cm³/mol. The number of anilines is 1. The first-order valence-electron chi connectivity index (χ1n) is 6.27. The summed E-state index contributed by atoms with van der Waals surface area (Å²) in [7, 11) is 0. The van der Waals surface area contributed by atoms with Gasteiger partial charge in [-0.15, -0.1) is 0 Å². The van der Waals surface area contributed by atoms with Crippen molar-refractivity contribution >= 4 is 5.82 Å². The first kappa shape index (κ1) is 11.4. The highest BCUT2D eigenvalue weighted by molar-refractivity contribution is 5.40. The highest BCUT2D eigenvalue weighted by atomic mass is 15.2. The van der Waals surface area contributed by atoms with Gasteiger partial charge in [0.05, 0.1) is 11.9 Å². The Morgan fingerprint density at radius 2 is 2.12 bits per heavy atom. The zero-order valence-electron chi connectivity index (χ0n) is 10.5. The summed E-state index contributed by atoms with van der Waals surface area (Å²) in [6.07, 6.45) is 6.38. The van der Waals surface area contributed by atoms with E-state index in [-0.39, 0.29) is 0 Å². The summed E-state index contributed by atoms with van der Waals surface area (Å²) in [5.41, 5.74) is 1.09. The Labute approximate surface area is 97.9 Å². The van der Waals surface area contributed by atoms with Gasteiger partial charge in [-0.3, -0.25) is 4.98 Å². The van der Waals surface area contributed by atoms with Gasteiger partial charge in [0.15, 0.2) is 0 Å². The Bertz CT molecular complexity index is 343. The number of nitrogens with zero attached hydrogens (tertiary/aromatic N) is 3. The SMILES string of the molecule is CCCC1CN(c2cncc(C(C)C)n2)C1. The molecule has 0 aromatic carbocycles. The molecule has 0 N–H and O–H groups in total. The Balaban J connectivity index is 1.98. The van der Waals surface area contributed by atoms with E-state index in [4.69, 9.17) is 0 Å². The quantitative estimate of drug-likeness (QED) is 0.779. The summed E-state index contributed by atoms with van der Waals surface area (Å²) in [6.45, 7) is 8.88. The number of aromatic nitrogens is 2. The van der Waals surface area contributed by atoms with E-state index in [9.17, 15) is 0 Å². The van der Waals surface area contributed by atoms with Crippen LogP contribution >= 0.6 is 0 Å². The van der Waals surface area contributed by atoms with Crippen LogP contribution in [0.25, 0.3) is 0 Å². The first-order valence-corrected chi connectivity index (χ1v) is 6.27. The maximum absolute atomic E-state index is 4.65. The second-order valence-electron chi connectivity index (χ2n) is 5.02. The lowest BCUT2D eigenvalue weighted by atomic mass is 9.95. The van der Waals surface area contributed by atoms with Crippen LogP contribution in [0.1, 0.15) is 45.2 Å². The average Bonchev–Trinajstić information content (AvgIpc) is 2.23. The minimum absolute atomic E-state index is 0.458. The molecule has 1 fully saturated rings. The second kappa shape index (κ2) is 4.81. The van der Waals surface area contributed by atoms with Gasteiger partial charge in [0.2, 0.25) is 0 Å². The van der Waals surface area contributed by atoms with Gasteiger partial charge in [-0.05, 0) is 18.3 Å². The van der Waals surface area contributed by atoms with E-state index in [1.54, 1.807) is 0 Å².